The predicted octanol–water partition coefficient (Wildman–Crippen LogP) is 1.68. The molecular weight excluding hydrogens is 253 g/mol. The van der Waals surface area contributed by atoms with Gasteiger partial charge < -0.3 is 14.6 Å². The van der Waals surface area contributed by atoms with Crippen LogP contribution in [0.2, 0.25) is 0 Å². The molecule has 1 aromatic rings. The Kier molecular flexibility index (Phi) is 3.76. The third-order valence-electron chi connectivity index (χ3n) is 3.90. The lowest BCUT2D eigenvalue weighted by atomic mass is 9.79. The fraction of sp³-hybridized carbons (Fsp3) is 0.571. The zero-order valence-electron chi connectivity index (χ0n) is 12.7. The normalized spacial score (nSPS) is 19.7. The second kappa shape index (κ2) is 5.08. The maximum Gasteiger partial charge on any atom is 0.496 e. The summed E-state index contributed by atoms with van der Waals surface area (Å²) >= 11 is 0. The standard InChI is InChI=1S/C14H20BN3O2/c1-6-17-12-10(8-16)7-11(9-18-12)15-19-13(2,3)14(4,5)20-15/h7,9H,6H2,1-5H3,(H,17,18). The summed E-state index contributed by atoms with van der Waals surface area (Å²) in [6.07, 6.45) is 1.70. The number of hydrogen-bond acceptors (Lipinski definition) is 5. The summed E-state index contributed by atoms with van der Waals surface area (Å²) in [5.74, 6) is 0.593. The molecule has 0 aliphatic carbocycles. The van der Waals surface area contributed by atoms with E-state index >= 15 is 0 Å². The van der Waals surface area contributed by atoms with Crippen molar-refractivity contribution in [3.05, 3.63) is 17.8 Å². The van der Waals surface area contributed by atoms with Gasteiger partial charge in [-0.15, -0.1) is 0 Å². The molecule has 0 spiro atoms. The fourth-order valence-electron chi connectivity index (χ4n) is 1.98. The first-order valence-electron chi connectivity index (χ1n) is 6.80. The van der Waals surface area contributed by atoms with E-state index in [0.717, 1.165) is 12.0 Å². The van der Waals surface area contributed by atoms with Crippen LogP contribution in [0.3, 0.4) is 0 Å². The van der Waals surface area contributed by atoms with Crippen molar-refractivity contribution < 1.29 is 9.31 Å². The molecule has 106 valence electrons. The van der Waals surface area contributed by atoms with E-state index in [1.807, 2.05) is 34.6 Å². The number of hydrogen-bond donors (Lipinski definition) is 1. The molecule has 5 nitrogen and oxygen atoms in total. The Morgan fingerprint density at radius 3 is 2.40 bits per heavy atom. The van der Waals surface area contributed by atoms with Crippen LogP contribution in [0.25, 0.3) is 0 Å². The van der Waals surface area contributed by atoms with Crippen molar-refractivity contribution in [1.82, 2.24) is 4.98 Å². The van der Waals surface area contributed by atoms with E-state index in [1.165, 1.54) is 0 Å². The van der Waals surface area contributed by atoms with Gasteiger partial charge in [-0.25, -0.2) is 4.98 Å². The van der Waals surface area contributed by atoms with Crippen LogP contribution in [0.1, 0.15) is 40.2 Å². The van der Waals surface area contributed by atoms with Crippen LogP contribution in [0.15, 0.2) is 12.3 Å². The summed E-state index contributed by atoms with van der Waals surface area (Å²) in [5.41, 5.74) is 0.469. The molecule has 0 aromatic carbocycles. The van der Waals surface area contributed by atoms with Crippen LogP contribution < -0.4 is 10.8 Å². The van der Waals surface area contributed by atoms with Crippen molar-refractivity contribution in [3.63, 3.8) is 0 Å². The average Bonchev–Trinajstić information content (AvgIpc) is 2.59. The topological polar surface area (TPSA) is 67.2 Å². The molecule has 20 heavy (non-hydrogen) atoms. The van der Waals surface area contributed by atoms with E-state index in [4.69, 9.17) is 9.31 Å². The molecule has 0 radical (unpaired) electrons. The third-order valence-corrected chi connectivity index (χ3v) is 3.90. The molecule has 2 rings (SSSR count). The number of nitrogens with zero attached hydrogens (tertiary/aromatic N) is 2. The molecule has 1 aliphatic heterocycles. The number of nitrogens with one attached hydrogen (secondary N) is 1. The van der Waals surface area contributed by atoms with Crippen LogP contribution >= 0.6 is 0 Å². The first-order chi connectivity index (χ1) is 9.30. The van der Waals surface area contributed by atoms with E-state index in [1.54, 1.807) is 12.3 Å². The zero-order chi connectivity index (χ0) is 15.0. The molecule has 0 unspecified atom stereocenters. The fourth-order valence-corrected chi connectivity index (χ4v) is 1.98. The Labute approximate surface area is 120 Å². The smallest absolute Gasteiger partial charge is 0.399 e. The van der Waals surface area contributed by atoms with Crippen LogP contribution in [0.4, 0.5) is 5.82 Å². The number of anilines is 1. The molecule has 0 saturated carbocycles. The van der Waals surface area contributed by atoms with Gasteiger partial charge in [-0.2, -0.15) is 5.26 Å². The monoisotopic (exact) mass is 273 g/mol. The predicted molar refractivity (Wildman–Crippen MR) is 78.8 cm³/mol. The lowest BCUT2D eigenvalue weighted by Gasteiger charge is -2.32. The van der Waals surface area contributed by atoms with Crippen molar-refractivity contribution in [3.8, 4) is 6.07 Å². The maximum absolute atomic E-state index is 9.21. The highest BCUT2D eigenvalue weighted by Crippen LogP contribution is 2.36. The maximum atomic E-state index is 9.21. The van der Waals surface area contributed by atoms with Crippen LogP contribution in [0.5, 0.6) is 0 Å². The van der Waals surface area contributed by atoms with Gasteiger partial charge in [-0.3, -0.25) is 0 Å². The van der Waals surface area contributed by atoms with E-state index in [2.05, 4.69) is 16.4 Å². The zero-order valence-corrected chi connectivity index (χ0v) is 12.7. The van der Waals surface area contributed by atoms with Crippen molar-refractivity contribution in [2.45, 2.75) is 45.8 Å². The van der Waals surface area contributed by atoms with E-state index in [-0.39, 0.29) is 0 Å². The highest BCUT2D eigenvalue weighted by molar-refractivity contribution is 6.62. The minimum atomic E-state index is -0.490. The molecule has 2 heterocycles. The van der Waals surface area contributed by atoms with E-state index in [0.29, 0.717) is 11.4 Å². The quantitative estimate of drug-likeness (QED) is 0.849. The van der Waals surface area contributed by atoms with Gasteiger partial charge in [-0.1, -0.05) is 0 Å². The number of nitriles is 1. The summed E-state index contributed by atoms with van der Waals surface area (Å²) in [5, 5.41) is 12.3. The third kappa shape index (κ3) is 2.51. The van der Waals surface area contributed by atoms with Gasteiger partial charge in [0.05, 0.1) is 16.8 Å². The Morgan fingerprint density at radius 1 is 1.30 bits per heavy atom. The summed E-state index contributed by atoms with van der Waals surface area (Å²) in [7, 11) is -0.490. The highest BCUT2D eigenvalue weighted by atomic mass is 16.7. The number of aromatic nitrogens is 1. The Bertz CT molecular complexity index is 536. The lowest BCUT2D eigenvalue weighted by molar-refractivity contribution is 0.00578. The van der Waals surface area contributed by atoms with Gasteiger partial charge in [0.2, 0.25) is 0 Å². The van der Waals surface area contributed by atoms with Crippen molar-refractivity contribution in [1.29, 1.82) is 5.26 Å². The summed E-state index contributed by atoms with van der Waals surface area (Å²) in [6.45, 7) is 10.7. The molecule has 0 atom stereocenters. The Balaban J connectivity index is 2.30. The SMILES string of the molecule is CCNc1ncc(B2OC(C)(C)C(C)(C)O2)cc1C#N. The largest absolute Gasteiger partial charge is 0.496 e. The van der Waals surface area contributed by atoms with Gasteiger partial charge in [0.1, 0.15) is 11.9 Å². The second-order valence-electron chi connectivity index (χ2n) is 5.90. The first kappa shape index (κ1) is 14.8. The Hall–Kier alpha value is -1.58. The van der Waals surface area contributed by atoms with E-state index < -0.39 is 18.3 Å². The molecular formula is C14H20BN3O2. The average molecular weight is 273 g/mol. The molecule has 1 saturated heterocycles. The summed E-state index contributed by atoms with van der Waals surface area (Å²) in [6, 6.07) is 3.92. The molecule has 1 aliphatic rings. The Morgan fingerprint density at radius 2 is 1.90 bits per heavy atom. The van der Waals surface area contributed by atoms with Crippen molar-refractivity contribution in [2.24, 2.45) is 0 Å². The number of rotatable bonds is 3. The van der Waals surface area contributed by atoms with Gasteiger partial charge >= 0.3 is 7.12 Å². The van der Waals surface area contributed by atoms with Crippen molar-refractivity contribution >= 4 is 18.4 Å². The molecule has 6 heteroatoms. The summed E-state index contributed by atoms with van der Waals surface area (Å²) in [4.78, 5) is 4.29. The van der Waals surface area contributed by atoms with Crippen LogP contribution in [-0.4, -0.2) is 29.8 Å². The first-order valence-corrected chi connectivity index (χ1v) is 6.80. The minimum absolute atomic E-state index is 0.398. The van der Waals surface area contributed by atoms with Crippen LogP contribution in [0, 0.1) is 11.3 Å². The molecule has 0 bridgehead atoms. The van der Waals surface area contributed by atoms with Gasteiger partial charge in [0.25, 0.3) is 0 Å². The van der Waals surface area contributed by atoms with Crippen LogP contribution in [-0.2, 0) is 9.31 Å². The van der Waals surface area contributed by atoms with Gasteiger partial charge in [-0.05, 0) is 40.7 Å². The molecule has 1 aromatic heterocycles. The van der Waals surface area contributed by atoms with Crippen molar-refractivity contribution in [2.75, 3.05) is 11.9 Å². The van der Waals surface area contributed by atoms with Gasteiger partial charge in [0, 0.05) is 18.2 Å². The summed E-state index contributed by atoms with van der Waals surface area (Å²) < 4.78 is 11.9. The molecule has 0 amide bonds. The molecule has 1 N–H and O–H groups in total. The minimum Gasteiger partial charge on any atom is -0.399 e. The number of pyridine rings is 1. The lowest BCUT2D eigenvalue weighted by Crippen LogP contribution is -2.41. The highest BCUT2D eigenvalue weighted by Gasteiger charge is 2.51. The second-order valence-corrected chi connectivity index (χ2v) is 5.90. The van der Waals surface area contributed by atoms with Gasteiger partial charge in [0.15, 0.2) is 0 Å². The van der Waals surface area contributed by atoms with E-state index in [9.17, 15) is 5.26 Å². The molecule has 1 fully saturated rings.